The van der Waals surface area contributed by atoms with Crippen LogP contribution < -0.4 is 10.1 Å². The second kappa shape index (κ2) is 5.40. The minimum absolute atomic E-state index is 0.530. The summed E-state index contributed by atoms with van der Waals surface area (Å²) in [5.74, 6) is 0.0787. The van der Waals surface area contributed by atoms with E-state index >= 15 is 0 Å². The highest BCUT2D eigenvalue weighted by Gasteiger charge is 2.43. The number of hydrogen-bond acceptors (Lipinski definition) is 3. The molecule has 4 nitrogen and oxygen atoms in total. The van der Waals surface area contributed by atoms with Crippen molar-refractivity contribution in [3.63, 3.8) is 0 Å². The van der Waals surface area contributed by atoms with Crippen LogP contribution in [-0.4, -0.2) is 23.2 Å². The molecule has 0 bridgehead atoms. The topological polar surface area (TPSA) is 58.6 Å². The molecule has 0 amide bonds. The zero-order valence-electron chi connectivity index (χ0n) is 10.6. The van der Waals surface area contributed by atoms with E-state index in [2.05, 4.69) is 5.32 Å². The summed E-state index contributed by atoms with van der Waals surface area (Å²) in [6.07, 6.45) is 2.39. The van der Waals surface area contributed by atoms with Crippen LogP contribution in [0.5, 0.6) is 5.75 Å². The fourth-order valence-electron chi connectivity index (χ4n) is 2.21. The van der Waals surface area contributed by atoms with Crippen LogP contribution in [0, 0.1) is 0 Å². The molecule has 0 aromatic heterocycles. The van der Waals surface area contributed by atoms with E-state index in [1.54, 1.807) is 0 Å². The molecular weight excluding hydrogens is 230 g/mol. The molecule has 4 heteroatoms. The van der Waals surface area contributed by atoms with Gasteiger partial charge in [0.15, 0.2) is 0 Å². The van der Waals surface area contributed by atoms with E-state index < -0.39 is 11.5 Å². The molecule has 1 aromatic carbocycles. The van der Waals surface area contributed by atoms with Crippen LogP contribution in [-0.2, 0) is 11.3 Å². The van der Waals surface area contributed by atoms with Crippen LogP contribution in [0.25, 0.3) is 0 Å². The first-order valence-electron chi connectivity index (χ1n) is 6.37. The molecule has 18 heavy (non-hydrogen) atoms. The summed E-state index contributed by atoms with van der Waals surface area (Å²) >= 11 is 0. The Hall–Kier alpha value is -1.55. The predicted octanol–water partition coefficient (Wildman–Crippen LogP) is 2.18. The summed E-state index contributed by atoms with van der Waals surface area (Å²) in [5.41, 5.74) is 0.283. The second-order valence-corrected chi connectivity index (χ2v) is 4.64. The van der Waals surface area contributed by atoms with Crippen LogP contribution in [0.4, 0.5) is 0 Å². The minimum Gasteiger partial charge on any atom is -0.494 e. The van der Waals surface area contributed by atoms with E-state index in [4.69, 9.17) is 4.74 Å². The summed E-state index contributed by atoms with van der Waals surface area (Å²) < 4.78 is 5.53. The van der Waals surface area contributed by atoms with Crippen LogP contribution in [0.15, 0.2) is 24.3 Å². The van der Waals surface area contributed by atoms with E-state index in [0.717, 1.165) is 17.7 Å². The molecule has 1 saturated carbocycles. The highest BCUT2D eigenvalue weighted by Crippen LogP contribution is 2.32. The number of nitrogens with one attached hydrogen (secondary N) is 1. The number of carboxylic acid groups (broad SMARTS) is 1. The largest absolute Gasteiger partial charge is 0.494 e. The maximum Gasteiger partial charge on any atom is 0.323 e. The number of ether oxygens (including phenoxy) is 1. The van der Waals surface area contributed by atoms with Gasteiger partial charge in [-0.25, -0.2) is 0 Å². The van der Waals surface area contributed by atoms with Crippen molar-refractivity contribution in [2.75, 3.05) is 6.61 Å². The van der Waals surface area contributed by atoms with E-state index in [9.17, 15) is 9.90 Å². The summed E-state index contributed by atoms with van der Waals surface area (Å²) in [6, 6.07) is 7.74. The average molecular weight is 249 g/mol. The van der Waals surface area contributed by atoms with Gasteiger partial charge in [0.05, 0.1) is 6.61 Å². The second-order valence-electron chi connectivity index (χ2n) is 4.64. The summed E-state index contributed by atoms with van der Waals surface area (Å²) in [4.78, 5) is 11.2. The summed E-state index contributed by atoms with van der Waals surface area (Å²) in [5, 5.41) is 12.4. The van der Waals surface area contributed by atoms with Crippen LogP contribution in [0.3, 0.4) is 0 Å². The molecule has 0 unspecified atom stereocenters. The van der Waals surface area contributed by atoms with E-state index in [-0.39, 0.29) is 0 Å². The molecule has 1 aliphatic rings. The van der Waals surface area contributed by atoms with Gasteiger partial charge in [0.2, 0.25) is 0 Å². The Morgan fingerprint density at radius 2 is 2.17 bits per heavy atom. The van der Waals surface area contributed by atoms with E-state index in [0.29, 0.717) is 26.0 Å². The Bertz CT molecular complexity index is 427. The lowest BCUT2D eigenvalue weighted by molar-refractivity contribution is -0.148. The van der Waals surface area contributed by atoms with Crippen LogP contribution in [0.2, 0.25) is 0 Å². The summed E-state index contributed by atoms with van der Waals surface area (Å²) in [6.45, 7) is 3.08. The van der Waals surface area contributed by atoms with E-state index in [1.165, 1.54) is 0 Å². The number of hydrogen-bond donors (Lipinski definition) is 2. The Balaban J connectivity index is 2.03. The molecule has 1 aliphatic carbocycles. The Morgan fingerprint density at radius 3 is 2.72 bits per heavy atom. The van der Waals surface area contributed by atoms with Gasteiger partial charge in [-0.15, -0.1) is 0 Å². The molecular formula is C14H19NO3. The van der Waals surface area contributed by atoms with Crippen LogP contribution >= 0.6 is 0 Å². The average Bonchev–Trinajstić information content (AvgIpc) is 2.29. The van der Waals surface area contributed by atoms with Gasteiger partial charge < -0.3 is 9.84 Å². The van der Waals surface area contributed by atoms with Gasteiger partial charge in [-0.2, -0.15) is 0 Å². The first kappa shape index (κ1) is 12.9. The molecule has 1 fully saturated rings. The molecule has 1 aromatic rings. The number of aliphatic carboxylic acids is 1. The molecule has 0 heterocycles. The quantitative estimate of drug-likeness (QED) is 0.811. The van der Waals surface area contributed by atoms with Crippen molar-refractivity contribution in [3.05, 3.63) is 29.8 Å². The third-order valence-electron chi connectivity index (χ3n) is 3.51. The highest BCUT2D eigenvalue weighted by molar-refractivity contribution is 5.80. The van der Waals surface area contributed by atoms with Crippen LogP contribution in [0.1, 0.15) is 31.7 Å². The normalized spacial score (nSPS) is 16.9. The van der Waals surface area contributed by atoms with Gasteiger partial charge in [-0.3, -0.25) is 10.1 Å². The fourth-order valence-corrected chi connectivity index (χ4v) is 2.21. The molecule has 2 N–H and O–H groups in total. The number of para-hydroxylation sites is 1. The lowest BCUT2D eigenvalue weighted by Gasteiger charge is -2.38. The monoisotopic (exact) mass is 249 g/mol. The molecule has 98 valence electrons. The maximum absolute atomic E-state index is 11.2. The molecule has 0 saturated heterocycles. The Kier molecular flexibility index (Phi) is 3.87. The first-order valence-corrected chi connectivity index (χ1v) is 6.37. The predicted molar refractivity (Wildman–Crippen MR) is 68.7 cm³/mol. The molecule has 0 atom stereocenters. The van der Waals surface area contributed by atoms with Crippen molar-refractivity contribution in [3.8, 4) is 5.75 Å². The van der Waals surface area contributed by atoms with Crippen molar-refractivity contribution in [2.45, 2.75) is 38.3 Å². The maximum atomic E-state index is 11.2. The zero-order valence-corrected chi connectivity index (χ0v) is 10.6. The molecule has 0 radical (unpaired) electrons. The molecule has 0 aliphatic heterocycles. The smallest absolute Gasteiger partial charge is 0.323 e. The number of rotatable bonds is 6. The van der Waals surface area contributed by atoms with E-state index in [1.807, 2.05) is 31.2 Å². The lowest BCUT2D eigenvalue weighted by atomic mass is 9.76. The van der Waals surface area contributed by atoms with Crippen molar-refractivity contribution >= 4 is 5.97 Å². The third kappa shape index (κ3) is 2.48. The van der Waals surface area contributed by atoms with Gasteiger partial charge in [-0.1, -0.05) is 18.2 Å². The van der Waals surface area contributed by atoms with Crippen molar-refractivity contribution in [2.24, 2.45) is 0 Å². The fraction of sp³-hybridized carbons (Fsp3) is 0.500. The van der Waals surface area contributed by atoms with Gasteiger partial charge >= 0.3 is 5.97 Å². The standard InChI is InChI=1S/C14H19NO3/c1-2-18-12-7-4-3-6-11(12)10-15-14(13(16)17)8-5-9-14/h3-4,6-7,15H,2,5,8-10H2,1H3,(H,16,17). The third-order valence-corrected chi connectivity index (χ3v) is 3.51. The SMILES string of the molecule is CCOc1ccccc1CNC1(C(=O)O)CCC1. The van der Waals surface area contributed by atoms with Gasteiger partial charge in [0.25, 0.3) is 0 Å². The lowest BCUT2D eigenvalue weighted by Crippen LogP contribution is -2.56. The molecule has 0 spiro atoms. The summed E-state index contributed by atoms with van der Waals surface area (Å²) in [7, 11) is 0. The molecule has 2 rings (SSSR count). The Morgan fingerprint density at radius 1 is 1.44 bits per heavy atom. The number of carbonyl (C=O) groups is 1. The zero-order chi connectivity index (χ0) is 13.0. The van der Waals surface area contributed by atoms with Crippen molar-refractivity contribution < 1.29 is 14.6 Å². The van der Waals surface area contributed by atoms with Crippen molar-refractivity contribution in [1.29, 1.82) is 0 Å². The highest BCUT2D eigenvalue weighted by atomic mass is 16.5. The van der Waals surface area contributed by atoms with Gasteiger partial charge in [-0.05, 0) is 32.3 Å². The van der Waals surface area contributed by atoms with Crippen molar-refractivity contribution in [1.82, 2.24) is 5.32 Å². The Labute approximate surface area is 107 Å². The van der Waals surface area contributed by atoms with Gasteiger partial charge in [0, 0.05) is 12.1 Å². The van der Waals surface area contributed by atoms with Gasteiger partial charge in [0.1, 0.15) is 11.3 Å². The minimum atomic E-state index is -0.748. The number of carboxylic acids is 1. The number of benzene rings is 1. The first-order chi connectivity index (χ1) is 8.68.